The minimum absolute atomic E-state index is 0.250. The Labute approximate surface area is 105 Å². The lowest BCUT2D eigenvalue weighted by molar-refractivity contribution is 0.478. The van der Waals surface area contributed by atoms with Crippen molar-refractivity contribution in [2.75, 3.05) is 0 Å². The predicted molar refractivity (Wildman–Crippen MR) is 74.3 cm³/mol. The van der Waals surface area contributed by atoms with Crippen LogP contribution < -0.4 is 0 Å². The average molecular weight is 238 g/mol. The van der Waals surface area contributed by atoms with Gasteiger partial charge in [0.25, 0.3) is 0 Å². The molecule has 0 spiro atoms. The molecule has 0 fully saturated rings. The number of fused-ring (bicyclic) bond motifs is 2. The molecule has 18 heavy (non-hydrogen) atoms. The van der Waals surface area contributed by atoms with E-state index in [1.807, 2.05) is 50.2 Å². The zero-order valence-corrected chi connectivity index (χ0v) is 10.4. The molecule has 0 aliphatic carbocycles. The van der Waals surface area contributed by atoms with E-state index < -0.39 is 0 Å². The van der Waals surface area contributed by atoms with E-state index in [2.05, 4.69) is 0 Å². The molecular formula is C16H14O2. The molecule has 0 saturated carbocycles. The summed E-state index contributed by atoms with van der Waals surface area (Å²) in [5.41, 5.74) is 1.92. The number of benzene rings is 3. The van der Waals surface area contributed by atoms with Crippen LogP contribution in [0.4, 0.5) is 0 Å². The Balaban J connectivity index is 2.70. The van der Waals surface area contributed by atoms with Crippen LogP contribution in [-0.2, 0) is 0 Å². The first-order valence-electron chi connectivity index (χ1n) is 5.94. The molecule has 2 heteroatoms. The molecule has 3 rings (SSSR count). The molecule has 0 heterocycles. The van der Waals surface area contributed by atoms with Crippen LogP contribution in [0.25, 0.3) is 21.5 Å². The Morgan fingerprint density at radius 2 is 1.06 bits per heavy atom. The van der Waals surface area contributed by atoms with E-state index in [-0.39, 0.29) is 11.5 Å². The van der Waals surface area contributed by atoms with Crippen molar-refractivity contribution in [3.05, 3.63) is 47.5 Å². The Bertz CT molecular complexity index is 705. The lowest BCUT2D eigenvalue weighted by atomic mass is 9.95. The third-order valence-electron chi connectivity index (χ3n) is 3.53. The van der Waals surface area contributed by atoms with Crippen LogP contribution in [0.1, 0.15) is 11.1 Å². The molecule has 2 nitrogen and oxygen atoms in total. The molecule has 0 radical (unpaired) electrons. The highest BCUT2D eigenvalue weighted by Gasteiger charge is 2.15. The van der Waals surface area contributed by atoms with Gasteiger partial charge in [0.2, 0.25) is 0 Å². The molecule has 0 amide bonds. The number of aryl methyl sites for hydroxylation is 2. The lowest BCUT2D eigenvalue weighted by Crippen LogP contribution is -1.86. The first-order chi connectivity index (χ1) is 8.61. The normalized spacial score (nSPS) is 11.2. The molecule has 0 bridgehead atoms. The lowest BCUT2D eigenvalue weighted by Gasteiger charge is -2.12. The molecule has 0 atom stereocenters. The highest BCUT2D eigenvalue weighted by Crippen LogP contribution is 2.43. The smallest absolute Gasteiger partial charge is 0.131 e. The van der Waals surface area contributed by atoms with Gasteiger partial charge in [0.1, 0.15) is 11.5 Å². The van der Waals surface area contributed by atoms with E-state index in [4.69, 9.17) is 0 Å². The van der Waals surface area contributed by atoms with Gasteiger partial charge in [-0.3, -0.25) is 0 Å². The van der Waals surface area contributed by atoms with Crippen molar-refractivity contribution in [3.63, 3.8) is 0 Å². The third kappa shape index (κ3) is 1.29. The van der Waals surface area contributed by atoms with Gasteiger partial charge in [-0.05, 0) is 25.0 Å². The van der Waals surface area contributed by atoms with Crippen LogP contribution in [0.2, 0.25) is 0 Å². The van der Waals surface area contributed by atoms with E-state index in [0.717, 1.165) is 21.9 Å². The summed E-state index contributed by atoms with van der Waals surface area (Å²) in [7, 11) is 0. The topological polar surface area (TPSA) is 40.5 Å². The maximum atomic E-state index is 10.4. The number of aromatic hydroxyl groups is 2. The summed E-state index contributed by atoms with van der Waals surface area (Å²) in [6.07, 6.45) is 0. The van der Waals surface area contributed by atoms with E-state index in [1.165, 1.54) is 0 Å². The molecule has 0 unspecified atom stereocenters. The summed E-state index contributed by atoms with van der Waals surface area (Å²) in [5.74, 6) is 0.499. The molecule has 3 aromatic carbocycles. The zero-order valence-electron chi connectivity index (χ0n) is 10.4. The monoisotopic (exact) mass is 238 g/mol. The Kier molecular flexibility index (Phi) is 2.20. The fourth-order valence-corrected chi connectivity index (χ4v) is 2.63. The van der Waals surface area contributed by atoms with Crippen molar-refractivity contribution >= 4 is 21.5 Å². The first-order valence-corrected chi connectivity index (χ1v) is 5.94. The van der Waals surface area contributed by atoms with Crippen LogP contribution in [0.3, 0.4) is 0 Å². The van der Waals surface area contributed by atoms with E-state index in [1.54, 1.807) is 0 Å². The Hall–Kier alpha value is -2.22. The fraction of sp³-hybridized carbons (Fsp3) is 0.125. The zero-order chi connectivity index (χ0) is 12.9. The molecule has 2 N–H and O–H groups in total. The van der Waals surface area contributed by atoms with Crippen LogP contribution in [0.15, 0.2) is 36.4 Å². The van der Waals surface area contributed by atoms with Gasteiger partial charge < -0.3 is 10.2 Å². The second kappa shape index (κ2) is 3.64. The van der Waals surface area contributed by atoms with Gasteiger partial charge in [0.15, 0.2) is 0 Å². The minimum atomic E-state index is 0.250. The molecule has 3 aromatic rings. The fourth-order valence-electron chi connectivity index (χ4n) is 2.63. The number of hydrogen-bond donors (Lipinski definition) is 2. The average Bonchev–Trinajstić information content (AvgIpc) is 2.35. The number of rotatable bonds is 0. The molecule has 0 saturated heterocycles. The summed E-state index contributed by atoms with van der Waals surface area (Å²) in [5, 5.41) is 23.7. The Morgan fingerprint density at radius 3 is 1.44 bits per heavy atom. The maximum absolute atomic E-state index is 10.4. The summed E-state index contributed by atoms with van der Waals surface area (Å²) in [4.78, 5) is 0. The van der Waals surface area contributed by atoms with Crippen LogP contribution in [-0.4, -0.2) is 10.2 Å². The Morgan fingerprint density at radius 1 is 0.667 bits per heavy atom. The van der Waals surface area contributed by atoms with E-state index in [9.17, 15) is 10.2 Å². The minimum Gasteiger partial charge on any atom is -0.507 e. The molecule has 0 aliphatic rings. The van der Waals surface area contributed by atoms with Crippen molar-refractivity contribution in [2.45, 2.75) is 13.8 Å². The highest BCUT2D eigenvalue weighted by molar-refractivity contribution is 6.12. The summed E-state index contributed by atoms with van der Waals surface area (Å²) in [6, 6.07) is 11.3. The van der Waals surface area contributed by atoms with Gasteiger partial charge in [-0.15, -0.1) is 0 Å². The van der Waals surface area contributed by atoms with Crippen molar-refractivity contribution in [2.24, 2.45) is 0 Å². The highest BCUT2D eigenvalue weighted by atomic mass is 16.3. The molecular weight excluding hydrogens is 224 g/mol. The van der Waals surface area contributed by atoms with Crippen molar-refractivity contribution in [1.29, 1.82) is 0 Å². The predicted octanol–water partition coefficient (Wildman–Crippen LogP) is 4.02. The van der Waals surface area contributed by atoms with Crippen LogP contribution in [0, 0.1) is 13.8 Å². The van der Waals surface area contributed by atoms with E-state index >= 15 is 0 Å². The van der Waals surface area contributed by atoms with Gasteiger partial charge >= 0.3 is 0 Å². The first kappa shape index (κ1) is 10.9. The van der Waals surface area contributed by atoms with Crippen molar-refractivity contribution in [1.82, 2.24) is 0 Å². The SMILES string of the molecule is Cc1cccc2c(O)c3c(C)cccc3c(O)c12. The van der Waals surface area contributed by atoms with E-state index in [0.29, 0.717) is 10.8 Å². The summed E-state index contributed by atoms with van der Waals surface area (Å²) >= 11 is 0. The van der Waals surface area contributed by atoms with Gasteiger partial charge in [0, 0.05) is 21.5 Å². The molecule has 90 valence electrons. The van der Waals surface area contributed by atoms with Crippen LogP contribution in [0.5, 0.6) is 11.5 Å². The second-order valence-corrected chi connectivity index (χ2v) is 4.69. The van der Waals surface area contributed by atoms with Gasteiger partial charge in [-0.25, -0.2) is 0 Å². The standard InChI is InChI=1S/C16H14O2/c1-9-5-3-7-11-13(9)15(17)12-8-4-6-10(2)14(12)16(11)18/h3-8,17-18H,1-2H3. The second-order valence-electron chi connectivity index (χ2n) is 4.69. The number of phenols is 2. The molecule has 0 aromatic heterocycles. The largest absolute Gasteiger partial charge is 0.507 e. The van der Waals surface area contributed by atoms with Crippen LogP contribution >= 0.6 is 0 Å². The van der Waals surface area contributed by atoms with Crippen molar-refractivity contribution < 1.29 is 10.2 Å². The van der Waals surface area contributed by atoms with Gasteiger partial charge in [0.05, 0.1) is 0 Å². The van der Waals surface area contributed by atoms with Gasteiger partial charge in [-0.2, -0.15) is 0 Å². The summed E-state index contributed by atoms with van der Waals surface area (Å²) < 4.78 is 0. The van der Waals surface area contributed by atoms with Crippen molar-refractivity contribution in [3.8, 4) is 11.5 Å². The quantitative estimate of drug-likeness (QED) is 0.458. The summed E-state index contributed by atoms with van der Waals surface area (Å²) in [6.45, 7) is 3.87. The van der Waals surface area contributed by atoms with Gasteiger partial charge in [-0.1, -0.05) is 36.4 Å². The maximum Gasteiger partial charge on any atom is 0.131 e. The molecule has 0 aliphatic heterocycles. The number of phenolic OH excluding ortho intramolecular Hbond substituents is 2. The third-order valence-corrected chi connectivity index (χ3v) is 3.53. The number of hydrogen-bond acceptors (Lipinski definition) is 2.